The first kappa shape index (κ1) is 23.4. The fourth-order valence-corrected chi connectivity index (χ4v) is 3.60. The smallest absolute Gasteiger partial charge is 0.275 e. The highest BCUT2D eigenvalue weighted by atomic mass is 32.2. The van der Waals surface area contributed by atoms with E-state index in [1.54, 1.807) is 43.1 Å². The summed E-state index contributed by atoms with van der Waals surface area (Å²) in [5.41, 5.74) is 3.66. The fraction of sp³-hybridized carbons (Fsp3) is 0.286. The third kappa shape index (κ3) is 5.82. The van der Waals surface area contributed by atoms with Crippen LogP contribution in [0, 0.1) is 0 Å². The molecule has 0 radical (unpaired) electrons. The Morgan fingerprint density at radius 3 is 2.10 bits per heavy atom. The van der Waals surface area contributed by atoms with Gasteiger partial charge < -0.3 is 15.0 Å². The van der Waals surface area contributed by atoms with Crippen molar-refractivity contribution in [3.63, 3.8) is 0 Å². The molecule has 0 bridgehead atoms. The van der Waals surface area contributed by atoms with Gasteiger partial charge in [-0.25, -0.2) is 5.48 Å². The molecule has 9 heteroatoms. The van der Waals surface area contributed by atoms with E-state index in [1.807, 2.05) is 24.3 Å². The van der Waals surface area contributed by atoms with Crippen LogP contribution < -0.4 is 10.8 Å². The Morgan fingerprint density at radius 2 is 1.60 bits per heavy atom. The summed E-state index contributed by atoms with van der Waals surface area (Å²) < 4.78 is 5.05. The Kier molecular flexibility index (Phi) is 8.85. The molecule has 0 aliphatic carbocycles. The Labute approximate surface area is 179 Å². The van der Waals surface area contributed by atoms with Gasteiger partial charge in [0, 0.05) is 37.4 Å². The molecule has 2 rings (SSSR count). The van der Waals surface area contributed by atoms with Crippen molar-refractivity contribution in [3.8, 4) is 11.1 Å². The number of hydrogen-bond donors (Lipinski definition) is 3. The highest BCUT2D eigenvalue weighted by Gasteiger charge is 2.33. The van der Waals surface area contributed by atoms with Gasteiger partial charge in [-0.1, -0.05) is 24.3 Å². The van der Waals surface area contributed by atoms with Gasteiger partial charge in [0.05, 0.1) is 6.61 Å². The lowest BCUT2D eigenvalue weighted by Gasteiger charge is -2.25. The molecule has 3 amide bonds. The molecule has 0 fully saturated rings. The van der Waals surface area contributed by atoms with Gasteiger partial charge >= 0.3 is 0 Å². The molecule has 0 saturated heterocycles. The second kappa shape index (κ2) is 11.3. The normalized spacial score (nSPS) is 11.5. The van der Waals surface area contributed by atoms with Crippen LogP contribution in [0.25, 0.3) is 11.1 Å². The quantitative estimate of drug-likeness (QED) is 0.184. The van der Waals surface area contributed by atoms with Crippen molar-refractivity contribution in [1.82, 2.24) is 15.7 Å². The van der Waals surface area contributed by atoms with Crippen LogP contribution in [0.1, 0.15) is 10.4 Å². The predicted octanol–water partition coefficient (Wildman–Crippen LogP) is 1.78. The van der Waals surface area contributed by atoms with Crippen molar-refractivity contribution in [1.29, 1.82) is 0 Å². The number of hydroxylamine groups is 1. The minimum absolute atomic E-state index is 0.313. The molecular weight excluding hydrogens is 406 g/mol. The number of ether oxygens (including phenoxy) is 1. The molecule has 3 N–H and O–H groups in total. The lowest BCUT2D eigenvalue weighted by Crippen LogP contribution is -2.54. The molecule has 0 aliphatic heterocycles. The second-order valence-corrected chi connectivity index (χ2v) is 7.52. The number of amides is 3. The molecule has 30 heavy (non-hydrogen) atoms. The Bertz CT molecular complexity index is 855. The van der Waals surface area contributed by atoms with Crippen LogP contribution in [0.15, 0.2) is 53.4 Å². The van der Waals surface area contributed by atoms with E-state index < -0.39 is 23.8 Å². The summed E-state index contributed by atoms with van der Waals surface area (Å²) in [4.78, 5) is 38.6. The van der Waals surface area contributed by atoms with E-state index >= 15 is 0 Å². The summed E-state index contributed by atoms with van der Waals surface area (Å²) in [6.45, 7) is 0.692. The Hall–Kier alpha value is -2.88. The summed E-state index contributed by atoms with van der Waals surface area (Å²) in [6, 6.07) is 13.4. The average Bonchev–Trinajstić information content (AvgIpc) is 2.79. The highest BCUT2D eigenvalue weighted by Crippen LogP contribution is 2.25. The standard InChI is InChI=1S/C21H25N3O5S/c1-22-19(25)18(20(26)23-28)24(2)21(27)16-6-4-14(5-7-16)15-8-10-17(11-9-15)30-13-12-29-3/h4-11,18,28H,12-13H2,1-3H3,(H,22,25)(H,23,26). The molecule has 0 heterocycles. The second-order valence-electron chi connectivity index (χ2n) is 6.35. The van der Waals surface area contributed by atoms with E-state index in [4.69, 9.17) is 9.94 Å². The molecule has 0 saturated carbocycles. The van der Waals surface area contributed by atoms with Gasteiger partial charge in [-0.05, 0) is 35.4 Å². The molecular formula is C21H25N3O5S. The zero-order chi connectivity index (χ0) is 22.1. The van der Waals surface area contributed by atoms with Crippen LogP contribution in [-0.2, 0) is 14.3 Å². The molecule has 0 aliphatic rings. The molecule has 0 aromatic heterocycles. The summed E-state index contributed by atoms with van der Waals surface area (Å²) in [6.07, 6.45) is 0. The van der Waals surface area contributed by atoms with Crippen LogP contribution in [0.2, 0.25) is 0 Å². The van der Waals surface area contributed by atoms with Crippen molar-refractivity contribution in [2.75, 3.05) is 33.6 Å². The maximum Gasteiger partial charge on any atom is 0.275 e. The first-order valence-electron chi connectivity index (χ1n) is 9.17. The van der Waals surface area contributed by atoms with E-state index in [0.717, 1.165) is 26.7 Å². The summed E-state index contributed by atoms with van der Waals surface area (Å²) in [5, 5.41) is 11.2. The van der Waals surface area contributed by atoms with Crippen LogP contribution in [0.3, 0.4) is 0 Å². The average molecular weight is 432 g/mol. The van der Waals surface area contributed by atoms with Gasteiger partial charge in [0.1, 0.15) is 0 Å². The zero-order valence-electron chi connectivity index (χ0n) is 17.0. The lowest BCUT2D eigenvalue weighted by atomic mass is 10.0. The van der Waals surface area contributed by atoms with Gasteiger partial charge in [-0.3, -0.25) is 19.6 Å². The first-order valence-corrected chi connectivity index (χ1v) is 10.2. The summed E-state index contributed by atoms with van der Waals surface area (Å²) >= 11 is 1.71. The minimum atomic E-state index is -1.49. The van der Waals surface area contributed by atoms with Crippen LogP contribution in [-0.4, -0.2) is 67.4 Å². The van der Waals surface area contributed by atoms with Gasteiger partial charge in [0.15, 0.2) is 6.04 Å². The van der Waals surface area contributed by atoms with Crippen molar-refractivity contribution >= 4 is 29.5 Å². The number of thioether (sulfide) groups is 1. The van der Waals surface area contributed by atoms with Gasteiger partial charge in [-0.15, -0.1) is 11.8 Å². The molecule has 1 unspecified atom stereocenters. The SMILES string of the molecule is CNC(=O)C(C(=O)NO)N(C)C(=O)c1ccc(-c2ccc(SCCOC)cc2)cc1. The first-order chi connectivity index (χ1) is 14.4. The number of carbonyl (C=O) groups excluding carboxylic acids is 3. The van der Waals surface area contributed by atoms with Crippen LogP contribution in [0.5, 0.6) is 0 Å². The maximum absolute atomic E-state index is 12.7. The number of benzene rings is 2. The number of rotatable bonds is 9. The predicted molar refractivity (Wildman–Crippen MR) is 114 cm³/mol. The number of hydrogen-bond acceptors (Lipinski definition) is 6. The summed E-state index contributed by atoms with van der Waals surface area (Å²) in [5.74, 6) is -1.35. The van der Waals surface area contributed by atoms with E-state index in [2.05, 4.69) is 5.32 Å². The third-order valence-corrected chi connectivity index (χ3v) is 5.41. The third-order valence-electron chi connectivity index (χ3n) is 4.44. The molecule has 160 valence electrons. The Morgan fingerprint density at radius 1 is 1.03 bits per heavy atom. The van der Waals surface area contributed by atoms with Crippen molar-refractivity contribution in [2.45, 2.75) is 10.9 Å². The largest absolute Gasteiger partial charge is 0.384 e. The van der Waals surface area contributed by atoms with Gasteiger partial charge in [-0.2, -0.15) is 0 Å². The summed E-state index contributed by atoms with van der Waals surface area (Å²) in [7, 11) is 4.34. The van der Waals surface area contributed by atoms with Crippen LogP contribution in [0.4, 0.5) is 0 Å². The number of likely N-dealkylation sites (N-methyl/N-ethyl adjacent to an activating group) is 2. The number of carbonyl (C=O) groups is 3. The Balaban J connectivity index is 2.13. The van der Waals surface area contributed by atoms with Gasteiger partial charge in [0.2, 0.25) is 0 Å². The van der Waals surface area contributed by atoms with E-state index in [9.17, 15) is 14.4 Å². The monoisotopic (exact) mass is 431 g/mol. The van der Waals surface area contributed by atoms with E-state index in [0.29, 0.717) is 12.2 Å². The topological polar surface area (TPSA) is 108 Å². The highest BCUT2D eigenvalue weighted by molar-refractivity contribution is 7.99. The minimum Gasteiger partial charge on any atom is -0.384 e. The molecule has 2 aromatic rings. The van der Waals surface area contributed by atoms with E-state index in [1.165, 1.54) is 19.6 Å². The number of nitrogens with zero attached hydrogens (tertiary/aromatic N) is 1. The molecule has 2 aromatic carbocycles. The maximum atomic E-state index is 12.7. The molecule has 0 spiro atoms. The van der Waals surface area contributed by atoms with Crippen LogP contribution >= 0.6 is 11.8 Å². The van der Waals surface area contributed by atoms with E-state index in [-0.39, 0.29) is 0 Å². The molecule has 8 nitrogen and oxygen atoms in total. The number of nitrogens with one attached hydrogen (secondary N) is 2. The lowest BCUT2D eigenvalue weighted by molar-refractivity contribution is -0.140. The number of methoxy groups -OCH3 is 1. The fourth-order valence-electron chi connectivity index (χ4n) is 2.78. The zero-order valence-corrected chi connectivity index (χ0v) is 17.9. The van der Waals surface area contributed by atoms with Crippen molar-refractivity contribution in [2.24, 2.45) is 0 Å². The van der Waals surface area contributed by atoms with Crippen molar-refractivity contribution in [3.05, 3.63) is 54.1 Å². The van der Waals surface area contributed by atoms with Crippen molar-refractivity contribution < 1.29 is 24.3 Å². The molecule has 1 atom stereocenters. The van der Waals surface area contributed by atoms with Gasteiger partial charge in [0.25, 0.3) is 17.7 Å².